The zero-order valence-electron chi connectivity index (χ0n) is 23.2. The number of rotatable bonds is 13. The standard InChI is InChI=1S/C28H38N6O5S.ClH/c1-20(35)12-14-34(24-9-10-24)28(37)26(16-27(36)30-17-21-5-4-13-33(18-21)19-31-29)32-40(38,39)25-11-8-22-6-2-3-7-23(22)15-25;/h2-3,6-8,11,15,19,21,24,26,32H,4-5,9-10,12-14,16-18,29H2,1H3,(H,30,36);1H/t21-,26-;/m0./s1. The second-order valence-corrected chi connectivity index (χ2v) is 12.4. The highest BCUT2D eigenvalue weighted by Crippen LogP contribution is 2.28. The summed E-state index contributed by atoms with van der Waals surface area (Å²) < 4.78 is 29.4. The predicted octanol–water partition coefficient (Wildman–Crippen LogP) is 2.00. The lowest BCUT2D eigenvalue weighted by atomic mass is 9.98. The summed E-state index contributed by atoms with van der Waals surface area (Å²) in [6, 6.07) is 10.8. The molecule has 0 spiro atoms. The van der Waals surface area contributed by atoms with Crippen molar-refractivity contribution in [2.75, 3.05) is 26.2 Å². The van der Waals surface area contributed by atoms with E-state index in [2.05, 4.69) is 15.1 Å². The van der Waals surface area contributed by atoms with E-state index in [0.29, 0.717) is 13.1 Å². The van der Waals surface area contributed by atoms with Gasteiger partial charge in [-0.3, -0.25) is 14.4 Å². The molecule has 1 saturated heterocycles. The molecule has 1 saturated carbocycles. The highest BCUT2D eigenvalue weighted by molar-refractivity contribution is 7.89. The summed E-state index contributed by atoms with van der Waals surface area (Å²) in [6.45, 7) is 3.57. The van der Waals surface area contributed by atoms with Gasteiger partial charge in [0.1, 0.15) is 18.2 Å². The second-order valence-electron chi connectivity index (χ2n) is 10.7. The second kappa shape index (κ2) is 14.6. The number of piperidine rings is 1. The fourth-order valence-corrected chi connectivity index (χ4v) is 6.31. The van der Waals surface area contributed by atoms with Gasteiger partial charge in [0.15, 0.2) is 0 Å². The van der Waals surface area contributed by atoms with Crippen LogP contribution in [0.1, 0.15) is 45.4 Å². The number of fused-ring (bicyclic) bond motifs is 1. The van der Waals surface area contributed by atoms with E-state index in [4.69, 9.17) is 5.84 Å². The van der Waals surface area contributed by atoms with E-state index in [0.717, 1.165) is 43.0 Å². The average Bonchev–Trinajstić information content (AvgIpc) is 3.77. The van der Waals surface area contributed by atoms with Crippen molar-refractivity contribution in [1.29, 1.82) is 0 Å². The number of likely N-dealkylation sites (tertiary alicyclic amines) is 1. The smallest absolute Gasteiger partial charge is 0.241 e. The first-order valence-electron chi connectivity index (χ1n) is 13.7. The largest absolute Gasteiger partial charge is 0.361 e. The Balaban J connectivity index is 0.00000462. The molecule has 0 aromatic heterocycles. The van der Waals surface area contributed by atoms with Crippen LogP contribution in [-0.2, 0) is 24.4 Å². The lowest BCUT2D eigenvalue weighted by Crippen LogP contribution is -2.52. The van der Waals surface area contributed by atoms with Crippen molar-refractivity contribution in [2.45, 2.75) is 62.4 Å². The molecule has 13 heteroatoms. The summed E-state index contributed by atoms with van der Waals surface area (Å²) in [5.74, 6) is 4.46. The molecule has 41 heavy (non-hydrogen) atoms. The molecule has 0 unspecified atom stereocenters. The Kier molecular flexibility index (Phi) is 11.5. The number of halogens is 1. The molecule has 4 N–H and O–H groups in total. The summed E-state index contributed by atoms with van der Waals surface area (Å²) in [4.78, 5) is 41.9. The number of amides is 2. The van der Waals surface area contributed by atoms with Crippen molar-refractivity contribution in [1.82, 2.24) is 19.8 Å². The Hall–Kier alpha value is -3.22. The van der Waals surface area contributed by atoms with Crippen LogP contribution in [0.2, 0.25) is 0 Å². The van der Waals surface area contributed by atoms with Crippen molar-refractivity contribution < 1.29 is 22.8 Å². The maximum absolute atomic E-state index is 13.7. The Morgan fingerprint density at radius 1 is 1.15 bits per heavy atom. The fourth-order valence-electron chi connectivity index (χ4n) is 5.09. The van der Waals surface area contributed by atoms with E-state index in [-0.39, 0.29) is 54.4 Å². The summed E-state index contributed by atoms with van der Waals surface area (Å²) in [6.07, 6.45) is 4.82. The molecule has 2 fully saturated rings. The Morgan fingerprint density at radius 2 is 1.88 bits per heavy atom. The van der Waals surface area contributed by atoms with Crippen molar-refractivity contribution in [3.63, 3.8) is 0 Å². The minimum absolute atomic E-state index is 0. The van der Waals surface area contributed by atoms with E-state index in [1.165, 1.54) is 13.0 Å². The normalized spacial score (nSPS) is 18.1. The van der Waals surface area contributed by atoms with E-state index < -0.39 is 27.9 Å². The van der Waals surface area contributed by atoms with Gasteiger partial charge in [0, 0.05) is 38.6 Å². The minimum Gasteiger partial charge on any atom is -0.361 e. The molecular formula is C28H39ClN6O5S. The number of hydrazone groups is 1. The molecule has 2 aromatic rings. The van der Waals surface area contributed by atoms with Crippen LogP contribution < -0.4 is 15.9 Å². The van der Waals surface area contributed by atoms with Crippen LogP contribution in [-0.4, -0.2) is 80.4 Å². The molecule has 2 amide bonds. The first kappa shape index (κ1) is 32.3. The summed E-state index contributed by atoms with van der Waals surface area (Å²) in [7, 11) is -4.14. The van der Waals surface area contributed by atoms with Gasteiger partial charge >= 0.3 is 0 Å². The van der Waals surface area contributed by atoms with Crippen LogP contribution in [0.25, 0.3) is 10.8 Å². The molecule has 4 rings (SSSR count). The minimum atomic E-state index is -4.14. The molecule has 0 radical (unpaired) electrons. The van der Waals surface area contributed by atoms with Gasteiger partial charge in [-0.15, -0.1) is 12.4 Å². The first-order valence-corrected chi connectivity index (χ1v) is 15.2. The monoisotopic (exact) mass is 606 g/mol. The van der Waals surface area contributed by atoms with Crippen LogP contribution in [0.5, 0.6) is 0 Å². The van der Waals surface area contributed by atoms with E-state index >= 15 is 0 Å². The van der Waals surface area contributed by atoms with Gasteiger partial charge in [0.2, 0.25) is 21.8 Å². The highest BCUT2D eigenvalue weighted by Gasteiger charge is 2.38. The maximum Gasteiger partial charge on any atom is 0.241 e. The SMILES string of the molecule is CC(=O)CCN(C(=O)[C@H](CC(=O)NC[C@@H]1CCCN(C=NN)C1)NS(=O)(=O)c1ccc2ccccc2c1)C1CC1.Cl. The number of sulfonamides is 1. The van der Waals surface area contributed by atoms with Gasteiger partial charge in [-0.25, -0.2) is 8.42 Å². The Morgan fingerprint density at radius 3 is 2.56 bits per heavy atom. The van der Waals surface area contributed by atoms with Gasteiger partial charge in [-0.2, -0.15) is 9.82 Å². The molecule has 1 aliphatic heterocycles. The molecular weight excluding hydrogens is 568 g/mol. The topological polar surface area (TPSA) is 154 Å². The Labute approximate surface area is 247 Å². The number of ketones is 1. The quantitative estimate of drug-likeness (QED) is 0.136. The van der Waals surface area contributed by atoms with Crippen LogP contribution in [0.15, 0.2) is 52.5 Å². The average molecular weight is 607 g/mol. The molecule has 224 valence electrons. The van der Waals surface area contributed by atoms with Crippen LogP contribution in [0.3, 0.4) is 0 Å². The summed E-state index contributed by atoms with van der Waals surface area (Å²) >= 11 is 0. The van der Waals surface area contributed by atoms with Crippen LogP contribution >= 0.6 is 12.4 Å². The summed E-state index contributed by atoms with van der Waals surface area (Å²) in [5.41, 5.74) is 0. The van der Waals surface area contributed by atoms with Gasteiger partial charge in [0.05, 0.1) is 11.3 Å². The van der Waals surface area contributed by atoms with E-state index in [9.17, 15) is 22.8 Å². The van der Waals surface area contributed by atoms with E-state index in [1.54, 1.807) is 23.4 Å². The predicted molar refractivity (Wildman–Crippen MR) is 160 cm³/mol. The number of hydrogen-bond donors (Lipinski definition) is 3. The third-order valence-corrected chi connectivity index (χ3v) is 8.83. The zero-order chi connectivity index (χ0) is 28.7. The van der Waals surface area contributed by atoms with Crippen molar-refractivity contribution in [3.8, 4) is 0 Å². The van der Waals surface area contributed by atoms with Gasteiger partial charge in [-0.1, -0.05) is 30.3 Å². The molecule has 0 bridgehead atoms. The Bertz CT molecular complexity index is 1370. The van der Waals surface area contributed by atoms with Crippen molar-refractivity contribution in [3.05, 3.63) is 42.5 Å². The fraction of sp³-hybridized carbons (Fsp3) is 0.500. The molecule has 1 heterocycles. The third kappa shape index (κ3) is 9.14. The number of nitrogens with two attached hydrogens (primary N) is 1. The van der Waals surface area contributed by atoms with Gasteiger partial charge in [-0.05, 0) is 61.4 Å². The van der Waals surface area contributed by atoms with Crippen molar-refractivity contribution >= 4 is 57.1 Å². The molecule has 2 atom stereocenters. The van der Waals surface area contributed by atoms with Crippen LogP contribution in [0, 0.1) is 5.92 Å². The molecule has 2 aliphatic rings. The number of nitrogens with zero attached hydrogens (tertiary/aromatic N) is 3. The highest BCUT2D eigenvalue weighted by atomic mass is 35.5. The van der Waals surface area contributed by atoms with Crippen LogP contribution in [0.4, 0.5) is 0 Å². The lowest BCUT2D eigenvalue weighted by molar-refractivity contribution is -0.136. The van der Waals surface area contributed by atoms with Crippen molar-refractivity contribution in [2.24, 2.45) is 16.9 Å². The zero-order valence-corrected chi connectivity index (χ0v) is 24.8. The number of carbonyl (C=O) groups excluding carboxylic acids is 3. The lowest BCUT2D eigenvalue weighted by Gasteiger charge is -2.31. The van der Waals surface area contributed by atoms with E-state index in [1.807, 2.05) is 29.2 Å². The number of carbonyl (C=O) groups is 3. The number of benzene rings is 2. The summed E-state index contributed by atoms with van der Waals surface area (Å²) in [5, 5.41) is 8.08. The molecule has 1 aliphatic carbocycles. The van der Waals surface area contributed by atoms with Gasteiger partial charge in [0.25, 0.3) is 0 Å². The van der Waals surface area contributed by atoms with Gasteiger partial charge < -0.3 is 21.0 Å². The number of hydrogen-bond acceptors (Lipinski definition) is 7. The third-order valence-electron chi connectivity index (χ3n) is 7.36. The maximum atomic E-state index is 13.7. The first-order chi connectivity index (χ1) is 19.2. The molecule has 11 nitrogen and oxygen atoms in total. The number of nitrogens with one attached hydrogen (secondary N) is 2. The number of Topliss-reactive ketones (excluding diaryl/α,β-unsaturated/α-hetero) is 1. The molecule has 2 aromatic carbocycles.